The number of benzene rings is 2. The number of hydrogen-bond acceptors (Lipinski definition) is 2. The zero-order chi connectivity index (χ0) is 22.1. The molecule has 0 radical (unpaired) electrons. The van der Waals surface area contributed by atoms with Gasteiger partial charge in [0.1, 0.15) is 6.10 Å². The molecular weight excluding hydrogens is 380 g/mol. The molecule has 0 amide bonds. The highest BCUT2D eigenvalue weighted by Crippen LogP contribution is 2.37. The van der Waals surface area contributed by atoms with Gasteiger partial charge in [0.2, 0.25) is 0 Å². The number of hydrogen-bond donors (Lipinski definition) is 0. The molecule has 1 aliphatic rings. The van der Waals surface area contributed by atoms with Crippen LogP contribution in [0.3, 0.4) is 0 Å². The highest BCUT2D eigenvalue weighted by Gasteiger charge is 2.23. The van der Waals surface area contributed by atoms with Crippen LogP contribution in [0.2, 0.25) is 0 Å². The molecule has 168 valence electrons. The molecule has 2 aromatic carbocycles. The van der Waals surface area contributed by atoms with Gasteiger partial charge in [-0.2, -0.15) is 0 Å². The maximum Gasteiger partial charge on any atom is 0.309 e. The average Bonchev–Trinajstić information content (AvgIpc) is 2.77. The Hall–Kier alpha value is -2.09. The first-order valence-corrected chi connectivity index (χ1v) is 12.5. The van der Waals surface area contributed by atoms with E-state index in [1.54, 1.807) is 0 Å². The van der Waals surface area contributed by atoms with Crippen molar-refractivity contribution >= 4 is 22.8 Å². The summed E-state index contributed by atoms with van der Waals surface area (Å²) < 4.78 is 5.78. The Labute approximate surface area is 189 Å². The number of rotatable bonds is 13. The van der Waals surface area contributed by atoms with Gasteiger partial charge in [0.05, 0.1) is 5.92 Å². The van der Waals surface area contributed by atoms with Gasteiger partial charge in [-0.15, -0.1) is 0 Å². The summed E-state index contributed by atoms with van der Waals surface area (Å²) in [5, 5.41) is 2.49. The molecular formula is C29H40O2. The number of ether oxygens (including phenoxy) is 1. The maximum absolute atomic E-state index is 12.2. The molecule has 0 fully saturated rings. The SMILES string of the molecule is CCCCCCCCCCCCc1ccc2cccc3c2c1C=CC3OC(=O)C(C)C. The molecule has 1 unspecified atom stereocenters. The topological polar surface area (TPSA) is 26.3 Å². The lowest BCUT2D eigenvalue weighted by atomic mass is 9.87. The fourth-order valence-corrected chi connectivity index (χ4v) is 4.58. The van der Waals surface area contributed by atoms with E-state index >= 15 is 0 Å². The molecule has 2 nitrogen and oxygen atoms in total. The van der Waals surface area contributed by atoms with E-state index in [0.717, 1.165) is 12.0 Å². The third-order valence-corrected chi connectivity index (χ3v) is 6.47. The second kappa shape index (κ2) is 12.1. The van der Waals surface area contributed by atoms with E-state index in [-0.39, 0.29) is 18.0 Å². The van der Waals surface area contributed by atoms with Crippen LogP contribution in [0.15, 0.2) is 36.4 Å². The first-order valence-electron chi connectivity index (χ1n) is 12.5. The molecule has 2 aromatic rings. The molecule has 31 heavy (non-hydrogen) atoms. The van der Waals surface area contributed by atoms with Crippen LogP contribution in [0.1, 0.15) is 108 Å². The summed E-state index contributed by atoms with van der Waals surface area (Å²) in [6, 6.07) is 10.9. The van der Waals surface area contributed by atoms with Gasteiger partial charge in [-0.3, -0.25) is 4.79 Å². The standard InChI is InChI=1S/C29H40O2/c1-4-5-6-7-8-9-10-11-12-13-15-23-18-19-24-16-14-17-26-27(31-29(30)22(2)3)21-20-25(23)28(24)26/h14,16-22,27H,4-13,15H2,1-3H3. The second-order valence-electron chi connectivity index (χ2n) is 9.39. The summed E-state index contributed by atoms with van der Waals surface area (Å²) in [5.41, 5.74) is 3.86. The fraction of sp³-hybridized carbons (Fsp3) is 0.552. The van der Waals surface area contributed by atoms with E-state index in [0.29, 0.717) is 0 Å². The van der Waals surface area contributed by atoms with Crippen LogP contribution >= 0.6 is 0 Å². The monoisotopic (exact) mass is 420 g/mol. The normalized spacial score (nSPS) is 15.0. The maximum atomic E-state index is 12.2. The first-order chi connectivity index (χ1) is 15.1. The van der Waals surface area contributed by atoms with Crippen LogP contribution < -0.4 is 0 Å². The van der Waals surface area contributed by atoms with Crippen molar-refractivity contribution in [3.05, 3.63) is 53.1 Å². The summed E-state index contributed by atoms with van der Waals surface area (Å²) >= 11 is 0. The van der Waals surface area contributed by atoms with Crippen molar-refractivity contribution in [3.8, 4) is 0 Å². The third kappa shape index (κ3) is 6.45. The van der Waals surface area contributed by atoms with Crippen LogP contribution in [-0.4, -0.2) is 5.97 Å². The Morgan fingerprint density at radius 2 is 1.58 bits per heavy atom. The number of carbonyl (C=O) groups is 1. The summed E-state index contributed by atoms with van der Waals surface area (Å²) in [6.07, 6.45) is 18.7. The van der Waals surface area contributed by atoms with Gasteiger partial charge in [-0.1, -0.05) is 115 Å². The molecule has 0 aromatic heterocycles. The lowest BCUT2D eigenvalue weighted by Crippen LogP contribution is -2.16. The number of carbonyl (C=O) groups excluding carboxylic acids is 1. The van der Waals surface area contributed by atoms with E-state index in [4.69, 9.17) is 4.74 Å². The smallest absolute Gasteiger partial charge is 0.309 e. The second-order valence-corrected chi connectivity index (χ2v) is 9.39. The molecule has 1 aliphatic carbocycles. The number of esters is 1. The van der Waals surface area contributed by atoms with Crippen molar-refractivity contribution in [1.82, 2.24) is 0 Å². The summed E-state index contributed by atoms with van der Waals surface area (Å²) in [5.74, 6) is -0.256. The van der Waals surface area contributed by atoms with Crippen molar-refractivity contribution in [2.24, 2.45) is 5.92 Å². The summed E-state index contributed by atoms with van der Waals surface area (Å²) in [4.78, 5) is 12.2. The Kier molecular flexibility index (Phi) is 9.18. The molecule has 0 saturated heterocycles. The van der Waals surface area contributed by atoms with Crippen molar-refractivity contribution in [3.63, 3.8) is 0 Å². The Morgan fingerprint density at radius 3 is 2.26 bits per heavy atom. The average molecular weight is 421 g/mol. The predicted octanol–water partition coefficient (Wildman–Crippen LogP) is 8.57. The zero-order valence-electron chi connectivity index (χ0n) is 19.8. The van der Waals surface area contributed by atoms with Gasteiger partial charge < -0.3 is 4.74 Å². The summed E-state index contributed by atoms with van der Waals surface area (Å²) in [6.45, 7) is 6.04. The van der Waals surface area contributed by atoms with Crippen molar-refractivity contribution < 1.29 is 9.53 Å². The van der Waals surface area contributed by atoms with Crippen LogP contribution in [0.25, 0.3) is 16.8 Å². The number of aryl methyl sites for hydroxylation is 1. The van der Waals surface area contributed by atoms with E-state index in [2.05, 4.69) is 49.4 Å². The van der Waals surface area contributed by atoms with Crippen LogP contribution in [0.4, 0.5) is 0 Å². The first kappa shape index (κ1) is 23.6. The van der Waals surface area contributed by atoms with Crippen LogP contribution in [0, 0.1) is 5.92 Å². The molecule has 0 N–H and O–H groups in total. The minimum atomic E-state index is -0.279. The minimum Gasteiger partial charge on any atom is -0.453 e. The predicted molar refractivity (Wildman–Crippen MR) is 132 cm³/mol. The molecule has 1 atom stereocenters. The highest BCUT2D eigenvalue weighted by atomic mass is 16.5. The van der Waals surface area contributed by atoms with Gasteiger partial charge in [-0.25, -0.2) is 0 Å². The van der Waals surface area contributed by atoms with Crippen LogP contribution in [0.5, 0.6) is 0 Å². The quantitative estimate of drug-likeness (QED) is 0.239. The largest absolute Gasteiger partial charge is 0.453 e. The molecule has 0 spiro atoms. The van der Waals surface area contributed by atoms with E-state index in [9.17, 15) is 4.79 Å². The third-order valence-electron chi connectivity index (χ3n) is 6.47. The molecule has 0 aliphatic heterocycles. The zero-order valence-corrected chi connectivity index (χ0v) is 19.8. The summed E-state index contributed by atoms with van der Waals surface area (Å²) in [7, 11) is 0. The Morgan fingerprint density at radius 1 is 0.903 bits per heavy atom. The van der Waals surface area contributed by atoms with Gasteiger partial charge in [0, 0.05) is 5.56 Å². The lowest BCUT2D eigenvalue weighted by Gasteiger charge is -2.24. The van der Waals surface area contributed by atoms with Crippen LogP contribution in [-0.2, 0) is 16.0 Å². The molecule has 0 heterocycles. The molecule has 0 saturated carbocycles. The Balaban J connectivity index is 1.56. The van der Waals surface area contributed by atoms with Gasteiger partial charge in [0.25, 0.3) is 0 Å². The van der Waals surface area contributed by atoms with Gasteiger partial charge in [-0.05, 0) is 40.8 Å². The van der Waals surface area contributed by atoms with E-state index in [1.807, 2.05) is 13.8 Å². The number of unbranched alkanes of at least 4 members (excludes halogenated alkanes) is 9. The molecule has 3 rings (SSSR count). The van der Waals surface area contributed by atoms with Crippen molar-refractivity contribution in [2.75, 3.05) is 0 Å². The van der Waals surface area contributed by atoms with Gasteiger partial charge >= 0.3 is 5.97 Å². The van der Waals surface area contributed by atoms with E-state index in [1.165, 1.54) is 86.1 Å². The fourth-order valence-electron chi connectivity index (χ4n) is 4.58. The van der Waals surface area contributed by atoms with Crippen molar-refractivity contribution in [2.45, 2.75) is 97.5 Å². The molecule has 2 heteroatoms. The highest BCUT2D eigenvalue weighted by molar-refractivity contribution is 5.97. The lowest BCUT2D eigenvalue weighted by molar-refractivity contribution is -0.150. The van der Waals surface area contributed by atoms with Crippen molar-refractivity contribution in [1.29, 1.82) is 0 Å². The van der Waals surface area contributed by atoms with E-state index < -0.39 is 0 Å². The minimum absolute atomic E-state index is 0.114. The molecule has 0 bridgehead atoms. The van der Waals surface area contributed by atoms with Gasteiger partial charge in [0.15, 0.2) is 0 Å². The Bertz CT molecular complexity index is 878.